The summed E-state index contributed by atoms with van der Waals surface area (Å²) >= 11 is 0. The molecule has 6 heteroatoms. The average Bonchev–Trinajstić information content (AvgIpc) is 2.92. The van der Waals surface area contributed by atoms with E-state index in [-0.39, 0.29) is 23.5 Å². The van der Waals surface area contributed by atoms with Crippen molar-refractivity contribution < 1.29 is 14.0 Å². The van der Waals surface area contributed by atoms with E-state index in [1.165, 1.54) is 19.1 Å². The number of benzene rings is 1. The Kier molecular flexibility index (Phi) is 6.32. The van der Waals surface area contributed by atoms with Crippen LogP contribution in [-0.2, 0) is 6.42 Å². The number of likely N-dealkylation sites (N-methyl/N-ethyl adjacent to an activating group) is 1. The molecule has 0 aliphatic carbocycles. The second kappa shape index (κ2) is 8.27. The van der Waals surface area contributed by atoms with Crippen LogP contribution in [0, 0.1) is 12.7 Å². The predicted octanol–water partition coefficient (Wildman–Crippen LogP) is 3.26. The third-order valence-corrected chi connectivity index (χ3v) is 4.56. The summed E-state index contributed by atoms with van der Waals surface area (Å²) in [4.78, 5) is 29.6. The van der Waals surface area contributed by atoms with Crippen molar-refractivity contribution in [2.45, 2.75) is 33.2 Å². The van der Waals surface area contributed by atoms with Crippen LogP contribution in [0.4, 0.5) is 4.39 Å². The largest absolute Gasteiger partial charge is 0.354 e. The number of H-pyrrole nitrogens is 1. The molecule has 0 aliphatic heterocycles. The summed E-state index contributed by atoms with van der Waals surface area (Å²) < 4.78 is 13.2. The zero-order valence-corrected chi connectivity index (χ0v) is 15.9. The van der Waals surface area contributed by atoms with E-state index in [9.17, 15) is 14.0 Å². The molecule has 2 N–H and O–H groups in total. The monoisotopic (exact) mass is 359 g/mol. The molecule has 26 heavy (non-hydrogen) atoms. The van der Waals surface area contributed by atoms with Gasteiger partial charge in [0.1, 0.15) is 11.5 Å². The Labute approximate surface area is 153 Å². The van der Waals surface area contributed by atoms with Crippen LogP contribution in [0.5, 0.6) is 0 Å². The van der Waals surface area contributed by atoms with Crippen molar-refractivity contribution in [1.82, 2.24) is 15.2 Å². The molecule has 1 aromatic carbocycles. The van der Waals surface area contributed by atoms with Crippen LogP contribution >= 0.6 is 0 Å². The Morgan fingerprint density at radius 1 is 1.23 bits per heavy atom. The van der Waals surface area contributed by atoms with Gasteiger partial charge in [0.2, 0.25) is 0 Å². The number of carbonyl (C=O) groups is 2. The molecule has 1 aromatic heterocycles. The molecule has 0 aliphatic rings. The molecule has 0 saturated carbocycles. The van der Waals surface area contributed by atoms with Gasteiger partial charge in [-0.3, -0.25) is 9.59 Å². The molecule has 0 spiro atoms. The average molecular weight is 359 g/mol. The molecule has 140 valence electrons. The van der Waals surface area contributed by atoms with Gasteiger partial charge in [-0.15, -0.1) is 0 Å². The molecule has 1 atom stereocenters. The van der Waals surface area contributed by atoms with Crippen molar-refractivity contribution in [3.63, 3.8) is 0 Å². The Balaban J connectivity index is 2.20. The molecule has 0 fully saturated rings. The lowest BCUT2D eigenvalue weighted by Gasteiger charge is -2.25. The number of aryl methyl sites for hydroxylation is 1. The molecule has 2 rings (SSSR count). The number of hydrogen-bond acceptors (Lipinski definition) is 3. The fourth-order valence-electron chi connectivity index (χ4n) is 3.26. The van der Waals surface area contributed by atoms with E-state index in [1.54, 1.807) is 19.1 Å². The van der Waals surface area contributed by atoms with Crippen molar-refractivity contribution in [3.05, 3.63) is 58.2 Å². The number of halogens is 1. The molecule has 1 unspecified atom stereocenters. The maximum atomic E-state index is 13.2. The van der Waals surface area contributed by atoms with Gasteiger partial charge >= 0.3 is 0 Å². The number of nitrogens with one attached hydrogen (secondary N) is 2. The molecule has 5 nitrogen and oxygen atoms in total. The number of amides is 1. The van der Waals surface area contributed by atoms with E-state index in [0.717, 1.165) is 11.1 Å². The summed E-state index contributed by atoms with van der Waals surface area (Å²) in [5.74, 6) is -0.583. The van der Waals surface area contributed by atoms with Crippen LogP contribution in [0.25, 0.3) is 0 Å². The van der Waals surface area contributed by atoms with Crippen LogP contribution in [-0.4, -0.2) is 42.2 Å². The Morgan fingerprint density at radius 2 is 1.85 bits per heavy atom. The van der Waals surface area contributed by atoms with Gasteiger partial charge in [-0.25, -0.2) is 4.39 Å². The van der Waals surface area contributed by atoms with Crippen LogP contribution < -0.4 is 5.32 Å². The normalized spacial score (nSPS) is 12.3. The summed E-state index contributed by atoms with van der Waals surface area (Å²) in [6, 6.07) is 6.17. The van der Waals surface area contributed by atoms with Gasteiger partial charge in [0.15, 0.2) is 5.78 Å². The van der Waals surface area contributed by atoms with Gasteiger partial charge in [-0.1, -0.05) is 19.1 Å². The topological polar surface area (TPSA) is 65.2 Å². The molecule has 0 radical (unpaired) electrons. The fourth-order valence-corrected chi connectivity index (χ4v) is 3.26. The lowest BCUT2D eigenvalue weighted by atomic mass is 10.0. The summed E-state index contributed by atoms with van der Waals surface area (Å²) in [6.45, 7) is 5.60. The van der Waals surface area contributed by atoms with Crippen LogP contribution in [0.15, 0.2) is 24.3 Å². The summed E-state index contributed by atoms with van der Waals surface area (Å²) in [5, 5.41) is 2.93. The SMILES string of the molecule is CCc1c(C(=O)NCC(c2ccc(F)cc2)N(C)C)[nH]c(C)c1C(C)=O. The highest BCUT2D eigenvalue weighted by Crippen LogP contribution is 2.21. The second-order valence-corrected chi connectivity index (χ2v) is 6.63. The zero-order chi connectivity index (χ0) is 19.4. The van der Waals surface area contributed by atoms with Crippen LogP contribution in [0.3, 0.4) is 0 Å². The molecular weight excluding hydrogens is 333 g/mol. The molecule has 1 heterocycles. The zero-order valence-electron chi connectivity index (χ0n) is 15.9. The van der Waals surface area contributed by atoms with Crippen LogP contribution in [0.2, 0.25) is 0 Å². The molecule has 2 aromatic rings. The maximum Gasteiger partial charge on any atom is 0.268 e. The fraction of sp³-hybridized carbons (Fsp3) is 0.400. The smallest absolute Gasteiger partial charge is 0.268 e. The van der Waals surface area contributed by atoms with Crippen molar-refractivity contribution >= 4 is 11.7 Å². The Morgan fingerprint density at radius 3 is 2.35 bits per heavy atom. The first kappa shape index (κ1) is 19.8. The van der Waals surface area contributed by atoms with E-state index in [1.807, 2.05) is 25.9 Å². The summed E-state index contributed by atoms with van der Waals surface area (Å²) in [6.07, 6.45) is 0.594. The van der Waals surface area contributed by atoms with Gasteiger partial charge in [-0.2, -0.15) is 0 Å². The number of carbonyl (C=O) groups excluding carboxylic acids is 2. The summed E-state index contributed by atoms with van der Waals surface area (Å²) in [5.41, 5.74) is 3.41. The van der Waals surface area contributed by atoms with E-state index in [2.05, 4.69) is 10.3 Å². The minimum Gasteiger partial charge on any atom is -0.354 e. The van der Waals surface area contributed by atoms with Gasteiger partial charge < -0.3 is 15.2 Å². The number of aromatic nitrogens is 1. The van der Waals surface area contributed by atoms with E-state index in [0.29, 0.717) is 29.9 Å². The van der Waals surface area contributed by atoms with E-state index >= 15 is 0 Å². The minimum atomic E-state index is -0.290. The third-order valence-electron chi connectivity index (χ3n) is 4.56. The van der Waals surface area contributed by atoms with Gasteiger partial charge in [0.05, 0.1) is 6.04 Å². The predicted molar refractivity (Wildman–Crippen MR) is 100 cm³/mol. The molecule has 0 bridgehead atoms. The highest BCUT2D eigenvalue weighted by molar-refractivity contribution is 6.02. The van der Waals surface area contributed by atoms with Gasteiger partial charge in [-0.05, 0) is 57.6 Å². The minimum absolute atomic E-state index is 0.0490. The van der Waals surface area contributed by atoms with Gasteiger partial charge in [0, 0.05) is 17.8 Å². The lowest BCUT2D eigenvalue weighted by molar-refractivity contribution is 0.0936. The van der Waals surface area contributed by atoms with Crippen molar-refractivity contribution in [2.75, 3.05) is 20.6 Å². The summed E-state index contributed by atoms with van der Waals surface area (Å²) in [7, 11) is 3.81. The quantitative estimate of drug-likeness (QED) is 0.746. The molecular formula is C20H26FN3O2. The first-order valence-corrected chi connectivity index (χ1v) is 8.68. The van der Waals surface area contributed by atoms with Gasteiger partial charge in [0.25, 0.3) is 5.91 Å². The number of aromatic amines is 1. The second-order valence-electron chi connectivity index (χ2n) is 6.63. The molecule has 1 amide bonds. The first-order chi connectivity index (χ1) is 12.3. The Hall–Kier alpha value is -2.47. The number of Topliss-reactive ketones (excluding diaryl/α,β-unsaturated/α-hetero) is 1. The number of rotatable bonds is 7. The highest BCUT2D eigenvalue weighted by Gasteiger charge is 2.23. The number of hydrogen-bond donors (Lipinski definition) is 2. The van der Waals surface area contributed by atoms with Crippen molar-refractivity contribution in [2.24, 2.45) is 0 Å². The third kappa shape index (κ3) is 4.19. The first-order valence-electron chi connectivity index (χ1n) is 8.68. The highest BCUT2D eigenvalue weighted by atomic mass is 19.1. The molecule has 0 saturated heterocycles. The van der Waals surface area contributed by atoms with E-state index in [4.69, 9.17) is 0 Å². The van der Waals surface area contributed by atoms with Crippen molar-refractivity contribution in [1.29, 1.82) is 0 Å². The number of ketones is 1. The lowest BCUT2D eigenvalue weighted by Crippen LogP contribution is -2.35. The standard InChI is InChI=1S/C20H26FN3O2/c1-6-16-18(13(3)25)12(2)23-19(16)20(26)22-11-17(24(4)5)14-7-9-15(21)10-8-14/h7-10,17,23H,6,11H2,1-5H3,(H,22,26). The van der Waals surface area contributed by atoms with Crippen LogP contribution in [0.1, 0.15) is 57.6 Å². The number of nitrogens with zero attached hydrogens (tertiary/aromatic N) is 1. The maximum absolute atomic E-state index is 13.2. The van der Waals surface area contributed by atoms with Crippen molar-refractivity contribution in [3.8, 4) is 0 Å². The Bertz CT molecular complexity index is 794. The van der Waals surface area contributed by atoms with E-state index < -0.39 is 0 Å².